The third-order valence-electron chi connectivity index (χ3n) is 4.72. The highest BCUT2D eigenvalue weighted by Gasteiger charge is 2.19. The predicted octanol–water partition coefficient (Wildman–Crippen LogP) is 3.99. The zero-order valence-electron chi connectivity index (χ0n) is 16.0. The van der Waals surface area contributed by atoms with E-state index in [0.29, 0.717) is 18.9 Å². The van der Waals surface area contributed by atoms with Gasteiger partial charge in [0.25, 0.3) is 0 Å². The van der Waals surface area contributed by atoms with Crippen molar-refractivity contribution in [1.29, 1.82) is 0 Å². The minimum Gasteiger partial charge on any atom is -0.383 e. The second-order valence-corrected chi connectivity index (χ2v) is 7.35. The molecule has 3 aromatic rings. The number of carbonyl (C=O) groups is 1. The van der Waals surface area contributed by atoms with E-state index < -0.39 is 0 Å². The quantitative estimate of drug-likeness (QED) is 0.552. The molecule has 1 aromatic heterocycles. The topological polar surface area (TPSA) is 47.4 Å². The lowest BCUT2D eigenvalue weighted by Crippen LogP contribution is -2.31. The van der Waals surface area contributed by atoms with Crippen molar-refractivity contribution in [1.82, 2.24) is 14.5 Å². The van der Waals surface area contributed by atoms with Crippen LogP contribution in [0.15, 0.2) is 59.8 Å². The fourth-order valence-corrected chi connectivity index (χ4v) is 3.93. The molecule has 0 spiro atoms. The Hall–Kier alpha value is -2.31. The second kappa shape index (κ2) is 9.06. The number of hydrogen-bond acceptors (Lipinski definition) is 4. The maximum absolute atomic E-state index is 12.7. The standard InChI is InChI=1S/C21H25N3O2S/c1-16(17-9-5-4-6-10-17)23(2)20(25)15-27-21-22-18-11-7-8-12-19(18)24(21)13-14-26-3/h4-12,16H,13-15H2,1-3H3. The molecule has 0 bridgehead atoms. The van der Waals surface area contributed by atoms with Crippen LogP contribution in [0, 0.1) is 0 Å². The number of imidazole rings is 1. The first-order valence-electron chi connectivity index (χ1n) is 8.99. The van der Waals surface area contributed by atoms with E-state index in [1.165, 1.54) is 11.8 Å². The van der Waals surface area contributed by atoms with Gasteiger partial charge in [-0.3, -0.25) is 4.79 Å². The summed E-state index contributed by atoms with van der Waals surface area (Å²) in [7, 11) is 3.55. The minimum absolute atomic E-state index is 0.0339. The lowest BCUT2D eigenvalue weighted by atomic mass is 10.1. The Kier molecular flexibility index (Phi) is 6.53. The average Bonchev–Trinajstić information content (AvgIpc) is 3.07. The predicted molar refractivity (Wildman–Crippen MR) is 110 cm³/mol. The Morgan fingerprint density at radius 1 is 1.19 bits per heavy atom. The molecular formula is C21H25N3O2S. The Balaban J connectivity index is 1.71. The number of ether oxygens (including phenoxy) is 1. The number of benzene rings is 2. The summed E-state index contributed by atoms with van der Waals surface area (Å²) >= 11 is 1.48. The number of para-hydroxylation sites is 2. The van der Waals surface area contributed by atoms with Gasteiger partial charge in [-0.2, -0.15) is 0 Å². The van der Waals surface area contributed by atoms with E-state index in [0.717, 1.165) is 21.8 Å². The molecule has 1 heterocycles. The van der Waals surface area contributed by atoms with Gasteiger partial charge in [-0.05, 0) is 24.6 Å². The van der Waals surface area contributed by atoms with Gasteiger partial charge in [0, 0.05) is 20.7 Å². The molecule has 0 fully saturated rings. The Bertz CT molecular complexity index is 895. The van der Waals surface area contributed by atoms with Gasteiger partial charge in [0.15, 0.2) is 5.16 Å². The van der Waals surface area contributed by atoms with Crippen LogP contribution in [0.4, 0.5) is 0 Å². The van der Waals surface area contributed by atoms with Crippen LogP contribution >= 0.6 is 11.8 Å². The van der Waals surface area contributed by atoms with Crippen molar-refractivity contribution < 1.29 is 9.53 Å². The molecule has 0 N–H and O–H groups in total. The van der Waals surface area contributed by atoms with Crippen LogP contribution in [0.2, 0.25) is 0 Å². The molecule has 2 aromatic carbocycles. The molecule has 1 unspecified atom stereocenters. The molecule has 1 amide bonds. The third-order valence-corrected chi connectivity index (χ3v) is 5.68. The van der Waals surface area contributed by atoms with Crippen LogP contribution < -0.4 is 0 Å². The highest BCUT2D eigenvalue weighted by molar-refractivity contribution is 7.99. The number of methoxy groups -OCH3 is 1. The first kappa shape index (κ1) is 19.5. The number of thioether (sulfide) groups is 1. The lowest BCUT2D eigenvalue weighted by molar-refractivity contribution is -0.128. The Labute approximate surface area is 164 Å². The summed E-state index contributed by atoms with van der Waals surface area (Å²) < 4.78 is 7.35. The molecular weight excluding hydrogens is 358 g/mol. The summed E-state index contributed by atoms with van der Waals surface area (Å²) in [4.78, 5) is 19.2. The van der Waals surface area contributed by atoms with Crippen LogP contribution in [0.1, 0.15) is 18.5 Å². The van der Waals surface area contributed by atoms with E-state index >= 15 is 0 Å². The Morgan fingerprint density at radius 3 is 2.63 bits per heavy atom. The molecule has 0 aliphatic carbocycles. The normalized spacial score (nSPS) is 12.3. The zero-order chi connectivity index (χ0) is 19.2. The minimum atomic E-state index is 0.0339. The summed E-state index contributed by atoms with van der Waals surface area (Å²) in [6.07, 6.45) is 0. The van der Waals surface area contributed by atoms with Gasteiger partial charge in [-0.25, -0.2) is 4.98 Å². The van der Waals surface area contributed by atoms with Crippen molar-refractivity contribution in [2.75, 3.05) is 26.5 Å². The fourth-order valence-electron chi connectivity index (χ4n) is 2.96. The molecule has 0 aliphatic heterocycles. The van der Waals surface area contributed by atoms with Gasteiger partial charge >= 0.3 is 0 Å². The zero-order valence-corrected chi connectivity index (χ0v) is 16.8. The van der Waals surface area contributed by atoms with Crippen molar-refractivity contribution in [3.8, 4) is 0 Å². The van der Waals surface area contributed by atoms with Gasteiger partial charge in [-0.15, -0.1) is 0 Å². The van der Waals surface area contributed by atoms with Gasteiger partial charge in [0.2, 0.25) is 5.91 Å². The summed E-state index contributed by atoms with van der Waals surface area (Å²) in [5.41, 5.74) is 3.13. The average molecular weight is 384 g/mol. The molecule has 1 atom stereocenters. The molecule has 0 aliphatic rings. The maximum atomic E-state index is 12.7. The molecule has 6 heteroatoms. The van der Waals surface area contributed by atoms with Crippen molar-refractivity contribution in [3.05, 3.63) is 60.2 Å². The van der Waals surface area contributed by atoms with Gasteiger partial charge in [-0.1, -0.05) is 54.2 Å². The maximum Gasteiger partial charge on any atom is 0.233 e. The lowest BCUT2D eigenvalue weighted by Gasteiger charge is -2.25. The number of aromatic nitrogens is 2. The molecule has 0 saturated carbocycles. The molecule has 3 rings (SSSR count). The summed E-state index contributed by atoms with van der Waals surface area (Å²) in [6.45, 7) is 3.36. The van der Waals surface area contributed by atoms with Crippen molar-refractivity contribution in [2.24, 2.45) is 0 Å². The SMILES string of the molecule is COCCn1c(SCC(=O)N(C)C(C)c2ccccc2)nc2ccccc21. The molecule has 0 saturated heterocycles. The second-order valence-electron chi connectivity index (χ2n) is 6.41. The van der Waals surface area contributed by atoms with Gasteiger partial charge in [0.1, 0.15) is 0 Å². The number of rotatable bonds is 8. The highest BCUT2D eigenvalue weighted by Crippen LogP contribution is 2.25. The number of fused-ring (bicyclic) bond motifs is 1. The monoisotopic (exact) mass is 383 g/mol. The number of nitrogens with zero attached hydrogens (tertiary/aromatic N) is 3. The fraction of sp³-hybridized carbons (Fsp3) is 0.333. The van der Waals surface area contributed by atoms with Crippen molar-refractivity contribution in [3.63, 3.8) is 0 Å². The largest absolute Gasteiger partial charge is 0.383 e. The van der Waals surface area contributed by atoms with E-state index in [2.05, 4.69) is 4.57 Å². The van der Waals surface area contributed by atoms with Crippen LogP contribution in [0.5, 0.6) is 0 Å². The van der Waals surface area contributed by atoms with Crippen LogP contribution in [-0.4, -0.2) is 46.9 Å². The van der Waals surface area contributed by atoms with E-state index in [1.54, 1.807) is 12.0 Å². The van der Waals surface area contributed by atoms with Gasteiger partial charge < -0.3 is 14.2 Å². The van der Waals surface area contributed by atoms with E-state index in [4.69, 9.17) is 9.72 Å². The molecule has 142 valence electrons. The highest BCUT2D eigenvalue weighted by atomic mass is 32.2. The third kappa shape index (κ3) is 4.51. The summed E-state index contributed by atoms with van der Waals surface area (Å²) in [5.74, 6) is 0.436. The van der Waals surface area contributed by atoms with Crippen LogP contribution in [-0.2, 0) is 16.1 Å². The molecule has 0 radical (unpaired) electrons. The molecule has 5 nitrogen and oxygen atoms in total. The first-order chi connectivity index (χ1) is 13.1. The summed E-state index contributed by atoms with van der Waals surface area (Å²) in [5, 5.41) is 0.849. The number of carbonyl (C=O) groups excluding carboxylic acids is 1. The van der Waals surface area contributed by atoms with Gasteiger partial charge in [0.05, 0.1) is 29.4 Å². The van der Waals surface area contributed by atoms with Crippen LogP contribution in [0.25, 0.3) is 11.0 Å². The molecule has 27 heavy (non-hydrogen) atoms. The van der Waals surface area contributed by atoms with E-state index in [1.807, 2.05) is 68.6 Å². The van der Waals surface area contributed by atoms with Crippen molar-refractivity contribution in [2.45, 2.75) is 24.7 Å². The first-order valence-corrected chi connectivity index (χ1v) is 9.98. The number of amides is 1. The van der Waals surface area contributed by atoms with E-state index in [9.17, 15) is 4.79 Å². The number of hydrogen-bond donors (Lipinski definition) is 0. The van der Waals surface area contributed by atoms with Crippen LogP contribution in [0.3, 0.4) is 0 Å². The summed E-state index contributed by atoms with van der Waals surface area (Å²) in [6, 6.07) is 18.1. The van der Waals surface area contributed by atoms with Crippen molar-refractivity contribution >= 4 is 28.7 Å². The smallest absolute Gasteiger partial charge is 0.233 e. The van der Waals surface area contributed by atoms with E-state index in [-0.39, 0.29) is 11.9 Å². The Morgan fingerprint density at radius 2 is 1.89 bits per heavy atom.